The van der Waals surface area contributed by atoms with Crippen LogP contribution < -0.4 is 11.7 Å². The van der Waals surface area contributed by atoms with Crippen LogP contribution in [0.4, 0.5) is 0 Å². The third kappa shape index (κ3) is 1.63. The Morgan fingerprint density at radius 3 is 2.79 bits per heavy atom. The van der Waals surface area contributed by atoms with E-state index in [-0.39, 0.29) is 11.7 Å². The molecule has 2 rings (SSSR count). The molecule has 0 radical (unpaired) electrons. The molecule has 2 aromatic heterocycles. The summed E-state index contributed by atoms with van der Waals surface area (Å²) in [5.41, 5.74) is -0.164. The van der Waals surface area contributed by atoms with Crippen LogP contribution in [-0.4, -0.2) is 11.3 Å². The summed E-state index contributed by atoms with van der Waals surface area (Å²) in [4.78, 5) is 24.9. The highest BCUT2D eigenvalue weighted by Crippen LogP contribution is 2.28. The quantitative estimate of drug-likeness (QED) is 0.783. The summed E-state index contributed by atoms with van der Waals surface area (Å²) in [6, 6.07) is 1.59. The van der Waals surface area contributed by atoms with Crippen LogP contribution in [0.15, 0.2) is 21.5 Å². The fourth-order valence-electron chi connectivity index (χ4n) is 1.09. The van der Waals surface area contributed by atoms with Crippen molar-refractivity contribution in [2.75, 3.05) is 0 Å². The molecule has 4 N–H and O–H groups in total. The molecule has 0 aliphatic heterocycles. The number of hydrogen-bond acceptors (Lipinski definition) is 4. The van der Waals surface area contributed by atoms with Gasteiger partial charge in [-0.1, -0.05) is 0 Å². The number of thiophene rings is 1. The van der Waals surface area contributed by atoms with E-state index in [0.717, 1.165) is 15.5 Å². The van der Waals surface area contributed by atoms with E-state index in [1.807, 2.05) is 0 Å². The largest absolute Gasteiger partial charge is 0.344 e. The molecule has 0 spiro atoms. The van der Waals surface area contributed by atoms with Crippen molar-refractivity contribution in [1.29, 1.82) is 0 Å². The number of carbonyl (C=O) groups is 1. The molecule has 0 amide bonds. The Morgan fingerprint density at radius 1 is 1.50 bits per heavy atom. The molecule has 0 aliphatic rings. The number of H-pyrrole nitrogens is 1. The minimum Gasteiger partial charge on any atom is -0.344 e. The van der Waals surface area contributed by atoms with Crippen molar-refractivity contribution in [1.82, 2.24) is 11.1 Å². The molecule has 0 saturated heterocycles. The van der Waals surface area contributed by atoms with E-state index in [2.05, 4.69) is 20.9 Å². The van der Waals surface area contributed by atoms with E-state index < -0.39 is 0 Å². The number of hydrogen-bond donors (Lipinski definition) is 2. The smallest absolute Gasteiger partial charge is 0.256 e. The number of aromatic nitrogens is 1. The molecule has 0 atom stereocenters. The lowest BCUT2D eigenvalue weighted by Gasteiger charge is -1.90. The van der Waals surface area contributed by atoms with Crippen molar-refractivity contribution in [3.05, 3.63) is 32.0 Å². The Balaban J connectivity index is 0.000000980. The first-order chi connectivity index (χ1) is 6.22. The van der Waals surface area contributed by atoms with Gasteiger partial charge in [-0.3, -0.25) is 9.59 Å². The highest BCUT2D eigenvalue weighted by Gasteiger charge is 2.07. The lowest BCUT2D eigenvalue weighted by Crippen LogP contribution is -2.02. The van der Waals surface area contributed by atoms with Crippen LogP contribution in [-0.2, 0) is 0 Å². The molecule has 6 heteroatoms. The van der Waals surface area contributed by atoms with Crippen molar-refractivity contribution < 1.29 is 4.79 Å². The number of aldehydes is 1. The van der Waals surface area contributed by atoms with Crippen molar-refractivity contribution >= 4 is 43.6 Å². The van der Waals surface area contributed by atoms with Gasteiger partial charge in [0.25, 0.3) is 5.56 Å². The molecule has 0 fully saturated rings. The molecule has 2 heterocycles. The Labute approximate surface area is 91.7 Å². The van der Waals surface area contributed by atoms with E-state index in [1.54, 1.807) is 12.3 Å². The van der Waals surface area contributed by atoms with Crippen LogP contribution in [0.5, 0.6) is 0 Å². The molecule has 0 aromatic carbocycles. The number of halogens is 1. The fraction of sp³-hybridized carbons (Fsp3) is 0. The van der Waals surface area contributed by atoms with Crippen LogP contribution >= 0.6 is 27.3 Å². The van der Waals surface area contributed by atoms with E-state index in [0.29, 0.717) is 10.3 Å². The predicted molar refractivity (Wildman–Crippen MR) is 60.6 cm³/mol. The summed E-state index contributed by atoms with van der Waals surface area (Å²) in [5, 5.41) is 0.557. The summed E-state index contributed by atoms with van der Waals surface area (Å²) in [6.45, 7) is 0. The van der Waals surface area contributed by atoms with Gasteiger partial charge in [0.1, 0.15) is 0 Å². The minimum absolute atomic E-state index is 0. The summed E-state index contributed by atoms with van der Waals surface area (Å²) in [7, 11) is 0. The Hall–Kier alpha value is -0.980. The number of nitrogens with one attached hydrogen (secondary N) is 1. The molecule has 0 bridgehead atoms. The first-order valence-corrected chi connectivity index (χ1v) is 5.09. The predicted octanol–water partition coefficient (Wildman–Crippen LogP) is 2.33. The second-order valence-corrected chi connectivity index (χ2v) is 4.41. The Kier molecular flexibility index (Phi) is 3.20. The number of fused-ring (bicyclic) bond motifs is 1. The fourth-order valence-corrected chi connectivity index (χ4v) is 2.54. The van der Waals surface area contributed by atoms with Gasteiger partial charge >= 0.3 is 0 Å². The van der Waals surface area contributed by atoms with Gasteiger partial charge in [0.2, 0.25) is 0 Å². The zero-order valence-corrected chi connectivity index (χ0v) is 9.44. The summed E-state index contributed by atoms with van der Waals surface area (Å²) >= 11 is 4.60. The maximum atomic E-state index is 11.3. The number of aromatic amines is 1. The topological polar surface area (TPSA) is 84.9 Å². The first kappa shape index (κ1) is 11.1. The number of carbonyl (C=O) groups excluding carboxylic acids is 1. The zero-order valence-electron chi connectivity index (χ0n) is 7.04. The molecular weight excluding hydrogens is 268 g/mol. The third-order valence-electron chi connectivity index (χ3n) is 1.66. The zero-order chi connectivity index (χ0) is 9.42. The SMILES string of the molecule is N.O=Cc1cc2c(=O)[nH]cc(Br)c2s1. The van der Waals surface area contributed by atoms with Crippen molar-refractivity contribution in [2.24, 2.45) is 0 Å². The van der Waals surface area contributed by atoms with Crippen LogP contribution in [0.3, 0.4) is 0 Å². The molecule has 14 heavy (non-hydrogen) atoms. The lowest BCUT2D eigenvalue weighted by atomic mass is 10.3. The Bertz CT molecular complexity index is 532. The van der Waals surface area contributed by atoms with E-state index in [4.69, 9.17) is 0 Å². The van der Waals surface area contributed by atoms with Crippen molar-refractivity contribution in [3.63, 3.8) is 0 Å². The molecule has 4 nitrogen and oxygen atoms in total. The van der Waals surface area contributed by atoms with E-state index >= 15 is 0 Å². The molecule has 74 valence electrons. The molecule has 0 aliphatic carbocycles. The van der Waals surface area contributed by atoms with Gasteiger partial charge in [-0.15, -0.1) is 11.3 Å². The molecular formula is C8H7BrN2O2S. The maximum Gasteiger partial charge on any atom is 0.256 e. The van der Waals surface area contributed by atoms with Gasteiger partial charge in [-0.05, 0) is 22.0 Å². The van der Waals surface area contributed by atoms with Gasteiger partial charge in [0, 0.05) is 6.20 Å². The standard InChI is InChI=1S/C8H4BrNO2S.H3N/c9-6-2-10-8(12)5-1-4(3-11)13-7(5)6;/h1-3H,(H,10,12);1H3. The monoisotopic (exact) mass is 274 g/mol. The van der Waals surface area contributed by atoms with E-state index in [9.17, 15) is 9.59 Å². The second-order valence-electron chi connectivity index (χ2n) is 2.48. The van der Waals surface area contributed by atoms with Crippen LogP contribution in [0.1, 0.15) is 9.67 Å². The normalized spacial score (nSPS) is 9.79. The van der Waals surface area contributed by atoms with Gasteiger partial charge in [0.15, 0.2) is 6.29 Å². The average molecular weight is 275 g/mol. The molecule has 0 unspecified atom stereocenters. The van der Waals surface area contributed by atoms with Gasteiger partial charge < -0.3 is 11.1 Å². The van der Waals surface area contributed by atoms with Crippen LogP contribution in [0, 0.1) is 0 Å². The minimum atomic E-state index is -0.164. The van der Waals surface area contributed by atoms with Gasteiger partial charge in [-0.2, -0.15) is 0 Å². The van der Waals surface area contributed by atoms with Gasteiger partial charge in [0.05, 0.1) is 19.4 Å². The number of pyridine rings is 1. The molecule has 0 saturated carbocycles. The first-order valence-electron chi connectivity index (χ1n) is 3.48. The lowest BCUT2D eigenvalue weighted by molar-refractivity contribution is 0.112. The van der Waals surface area contributed by atoms with Crippen LogP contribution in [0.25, 0.3) is 10.1 Å². The van der Waals surface area contributed by atoms with Crippen molar-refractivity contribution in [2.45, 2.75) is 0 Å². The number of rotatable bonds is 1. The third-order valence-corrected chi connectivity index (χ3v) is 3.64. The molecule has 2 aromatic rings. The second kappa shape index (κ2) is 4.04. The summed E-state index contributed by atoms with van der Waals surface area (Å²) in [6.07, 6.45) is 2.33. The van der Waals surface area contributed by atoms with E-state index in [1.165, 1.54) is 11.3 Å². The Morgan fingerprint density at radius 2 is 2.21 bits per heavy atom. The maximum absolute atomic E-state index is 11.3. The highest BCUT2D eigenvalue weighted by molar-refractivity contribution is 9.10. The average Bonchev–Trinajstić information content (AvgIpc) is 2.56. The summed E-state index contributed by atoms with van der Waals surface area (Å²) in [5.74, 6) is 0. The summed E-state index contributed by atoms with van der Waals surface area (Å²) < 4.78 is 1.62. The highest BCUT2D eigenvalue weighted by atomic mass is 79.9. The van der Waals surface area contributed by atoms with Crippen molar-refractivity contribution in [3.8, 4) is 0 Å². The van der Waals surface area contributed by atoms with Gasteiger partial charge in [-0.25, -0.2) is 0 Å². The van der Waals surface area contributed by atoms with Crippen LogP contribution in [0.2, 0.25) is 0 Å².